The van der Waals surface area contributed by atoms with Gasteiger partial charge >= 0.3 is 0 Å². The second kappa shape index (κ2) is 11.4. The van der Waals surface area contributed by atoms with Crippen molar-refractivity contribution in [2.24, 2.45) is 0 Å². The molecule has 0 aliphatic carbocycles. The number of hydrogen-bond acceptors (Lipinski definition) is 3. The molecular weight excluding hydrogens is 479 g/mol. The van der Waals surface area contributed by atoms with Crippen LogP contribution in [0.15, 0.2) is 46.9 Å². The summed E-state index contributed by atoms with van der Waals surface area (Å²) in [5.41, 5.74) is 0.904. The summed E-state index contributed by atoms with van der Waals surface area (Å²) in [5.74, 6) is -0.170. The maximum absolute atomic E-state index is 12.9. The van der Waals surface area contributed by atoms with Crippen molar-refractivity contribution in [3.05, 3.63) is 62.5 Å². The number of nitrogens with zero attached hydrogens (tertiary/aromatic N) is 1. The minimum absolute atomic E-state index is 0.207. The predicted molar refractivity (Wildman–Crippen MR) is 119 cm³/mol. The fourth-order valence-corrected chi connectivity index (χ4v) is 3.31. The van der Waals surface area contributed by atoms with Gasteiger partial charge in [-0.1, -0.05) is 58.2 Å². The first-order chi connectivity index (χ1) is 13.8. The summed E-state index contributed by atoms with van der Waals surface area (Å²) in [5, 5.41) is 3.63. The first-order valence-electron chi connectivity index (χ1n) is 9.21. The number of ether oxygens (including phenoxy) is 1. The molecule has 0 spiro atoms. The zero-order chi connectivity index (χ0) is 21.4. The van der Waals surface area contributed by atoms with Gasteiger partial charge in [-0.15, -0.1) is 0 Å². The second-order valence-electron chi connectivity index (χ2n) is 6.48. The molecule has 0 saturated heterocycles. The number of halogens is 3. The Bertz CT molecular complexity index is 846. The molecule has 0 saturated carbocycles. The fourth-order valence-electron chi connectivity index (χ4n) is 2.58. The van der Waals surface area contributed by atoms with Crippen molar-refractivity contribution in [1.82, 2.24) is 10.2 Å². The summed E-state index contributed by atoms with van der Waals surface area (Å²) in [6.45, 7) is 4.27. The molecule has 1 atom stereocenters. The highest BCUT2D eigenvalue weighted by molar-refractivity contribution is 9.10. The Balaban J connectivity index is 2.14. The lowest BCUT2D eigenvalue weighted by Crippen LogP contribution is -2.49. The number of carbonyl (C=O) groups excluding carboxylic acids is 2. The molecule has 0 fully saturated rings. The molecular formula is C21H23BrCl2N2O3. The monoisotopic (exact) mass is 500 g/mol. The normalized spacial score (nSPS) is 11.6. The zero-order valence-electron chi connectivity index (χ0n) is 16.3. The molecule has 2 rings (SSSR count). The molecule has 0 heterocycles. The van der Waals surface area contributed by atoms with Gasteiger partial charge in [0.25, 0.3) is 5.91 Å². The van der Waals surface area contributed by atoms with E-state index in [4.69, 9.17) is 27.9 Å². The average molecular weight is 502 g/mol. The van der Waals surface area contributed by atoms with Crippen LogP contribution in [-0.2, 0) is 16.1 Å². The molecule has 0 aliphatic heterocycles. The highest BCUT2D eigenvalue weighted by Crippen LogP contribution is 2.27. The van der Waals surface area contributed by atoms with E-state index in [1.54, 1.807) is 25.1 Å². The Morgan fingerprint density at radius 3 is 2.48 bits per heavy atom. The van der Waals surface area contributed by atoms with Crippen molar-refractivity contribution in [1.29, 1.82) is 0 Å². The van der Waals surface area contributed by atoms with Crippen molar-refractivity contribution in [3.63, 3.8) is 0 Å². The number of carbonyl (C=O) groups is 2. The van der Waals surface area contributed by atoms with Crippen molar-refractivity contribution >= 4 is 50.9 Å². The molecule has 1 N–H and O–H groups in total. The van der Waals surface area contributed by atoms with Crippen LogP contribution in [0.4, 0.5) is 0 Å². The summed E-state index contributed by atoms with van der Waals surface area (Å²) in [6.07, 6.45) is 0.817. The van der Waals surface area contributed by atoms with Gasteiger partial charge in [0.05, 0.1) is 5.02 Å². The predicted octanol–water partition coefficient (Wildman–Crippen LogP) is 5.08. The minimum Gasteiger partial charge on any atom is -0.482 e. The third-order valence-corrected chi connectivity index (χ3v) is 5.29. The first kappa shape index (κ1) is 23.5. The van der Waals surface area contributed by atoms with Gasteiger partial charge in [-0.05, 0) is 49.2 Å². The van der Waals surface area contributed by atoms with Crippen molar-refractivity contribution < 1.29 is 14.3 Å². The van der Waals surface area contributed by atoms with Gasteiger partial charge in [0.2, 0.25) is 5.91 Å². The number of rotatable bonds is 9. The molecule has 2 aromatic carbocycles. The Kier molecular flexibility index (Phi) is 9.27. The minimum atomic E-state index is -0.651. The van der Waals surface area contributed by atoms with Crippen LogP contribution in [0.5, 0.6) is 5.75 Å². The van der Waals surface area contributed by atoms with Crippen molar-refractivity contribution in [2.45, 2.75) is 32.9 Å². The summed E-state index contributed by atoms with van der Waals surface area (Å²) >= 11 is 15.4. The van der Waals surface area contributed by atoms with E-state index in [9.17, 15) is 9.59 Å². The van der Waals surface area contributed by atoms with E-state index in [2.05, 4.69) is 21.2 Å². The van der Waals surface area contributed by atoms with Crippen LogP contribution in [0.25, 0.3) is 0 Å². The van der Waals surface area contributed by atoms with Gasteiger partial charge in [-0.2, -0.15) is 0 Å². The molecule has 5 nitrogen and oxygen atoms in total. The highest BCUT2D eigenvalue weighted by Gasteiger charge is 2.26. The third kappa shape index (κ3) is 7.21. The van der Waals surface area contributed by atoms with Gasteiger partial charge in [0.1, 0.15) is 11.8 Å². The van der Waals surface area contributed by atoms with Gasteiger partial charge in [-0.25, -0.2) is 0 Å². The molecule has 8 heteroatoms. The summed E-state index contributed by atoms with van der Waals surface area (Å²) in [4.78, 5) is 26.9. The van der Waals surface area contributed by atoms with E-state index in [1.165, 1.54) is 4.90 Å². The summed E-state index contributed by atoms with van der Waals surface area (Å²) in [7, 11) is 0. The van der Waals surface area contributed by atoms with E-state index in [0.717, 1.165) is 16.5 Å². The lowest BCUT2D eigenvalue weighted by Gasteiger charge is -2.28. The Morgan fingerprint density at radius 2 is 1.86 bits per heavy atom. The van der Waals surface area contributed by atoms with Crippen LogP contribution in [-0.4, -0.2) is 35.9 Å². The van der Waals surface area contributed by atoms with Gasteiger partial charge in [0, 0.05) is 22.6 Å². The average Bonchev–Trinajstić information content (AvgIpc) is 2.70. The van der Waals surface area contributed by atoms with Crippen LogP contribution in [0.2, 0.25) is 10.0 Å². The number of benzene rings is 2. The quantitative estimate of drug-likeness (QED) is 0.521. The largest absolute Gasteiger partial charge is 0.482 e. The highest BCUT2D eigenvalue weighted by atomic mass is 79.9. The first-order valence-corrected chi connectivity index (χ1v) is 10.8. The van der Waals surface area contributed by atoms with Crippen LogP contribution in [0.3, 0.4) is 0 Å². The molecule has 2 aromatic rings. The van der Waals surface area contributed by atoms with Gasteiger partial charge < -0.3 is 15.0 Å². The Labute approximate surface area is 189 Å². The maximum Gasteiger partial charge on any atom is 0.261 e. The Morgan fingerprint density at radius 1 is 1.17 bits per heavy atom. The lowest BCUT2D eigenvalue weighted by atomic mass is 10.1. The summed E-state index contributed by atoms with van der Waals surface area (Å²) in [6, 6.07) is 11.7. The molecule has 156 valence electrons. The maximum atomic E-state index is 12.9. The SMILES string of the molecule is CCCNC(=O)C(C)N(Cc1ccc(Br)cc1)C(=O)COc1ccc(Cl)cc1Cl. The molecule has 0 radical (unpaired) electrons. The lowest BCUT2D eigenvalue weighted by molar-refractivity contribution is -0.142. The molecule has 0 bridgehead atoms. The van der Waals surface area contributed by atoms with Crippen molar-refractivity contribution in [2.75, 3.05) is 13.2 Å². The Hall–Kier alpha value is -1.76. The molecule has 1 unspecified atom stereocenters. The number of hydrogen-bond donors (Lipinski definition) is 1. The second-order valence-corrected chi connectivity index (χ2v) is 8.24. The van der Waals surface area contributed by atoms with E-state index in [0.29, 0.717) is 22.3 Å². The smallest absolute Gasteiger partial charge is 0.261 e. The van der Waals surface area contributed by atoms with Gasteiger partial charge in [0.15, 0.2) is 6.61 Å². The van der Waals surface area contributed by atoms with E-state index < -0.39 is 6.04 Å². The third-order valence-electron chi connectivity index (χ3n) is 4.23. The fraction of sp³-hybridized carbons (Fsp3) is 0.333. The van der Waals surface area contributed by atoms with Crippen molar-refractivity contribution in [3.8, 4) is 5.75 Å². The molecule has 0 aliphatic rings. The number of amides is 2. The van der Waals surface area contributed by atoms with Crippen LogP contribution in [0, 0.1) is 0 Å². The van der Waals surface area contributed by atoms with Crippen LogP contribution in [0.1, 0.15) is 25.8 Å². The molecule has 0 aromatic heterocycles. The summed E-state index contributed by atoms with van der Waals surface area (Å²) < 4.78 is 6.52. The van der Waals surface area contributed by atoms with E-state index in [-0.39, 0.29) is 25.0 Å². The number of nitrogens with one attached hydrogen (secondary N) is 1. The molecule has 2 amide bonds. The van der Waals surface area contributed by atoms with E-state index >= 15 is 0 Å². The topological polar surface area (TPSA) is 58.6 Å². The van der Waals surface area contributed by atoms with E-state index in [1.807, 2.05) is 31.2 Å². The van der Waals surface area contributed by atoms with Crippen LogP contribution >= 0.6 is 39.1 Å². The molecule has 29 heavy (non-hydrogen) atoms. The van der Waals surface area contributed by atoms with Gasteiger partial charge in [-0.3, -0.25) is 9.59 Å². The zero-order valence-corrected chi connectivity index (χ0v) is 19.4. The van der Waals surface area contributed by atoms with Crippen LogP contribution < -0.4 is 10.1 Å². The standard InChI is InChI=1S/C21H23BrCl2N2O3/c1-3-10-25-21(28)14(2)26(12-15-4-6-16(22)7-5-15)20(27)13-29-19-9-8-17(23)11-18(19)24/h4-9,11,14H,3,10,12-13H2,1-2H3,(H,25,28).